The Kier molecular flexibility index (Phi) is 5.65. The van der Waals surface area contributed by atoms with Crippen molar-refractivity contribution in [2.75, 3.05) is 11.9 Å². The average molecular weight is 413 g/mol. The van der Waals surface area contributed by atoms with Gasteiger partial charge in [0.05, 0.1) is 5.92 Å². The van der Waals surface area contributed by atoms with Gasteiger partial charge in [0, 0.05) is 43.5 Å². The average Bonchev–Trinajstić information content (AvgIpc) is 3.30. The molecule has 3 aromatic rings. The van der Waals surface area contributed by atoms with Gasteiger partial charge in [-0.05, 0) is 35.7 Å². The van der Waals surface area contributed by atoms with E-state index in [9.17, 15) is 9.18 Å². The minimum atomic E-state index is -0.270. The molecular weight excluding hydrogens is 391 g/mol. The number of carbonyl (C=O) groups is 1. The molecule has 0 spiro atoms. The lowest BCUT2D eigenvalue weighted by molar-refractivity contribution is -0.119. The van der Waals surface area contributed by atoms with Crippen molar-refractivity contribution >= 4 is 23.3 Å². The molecule has 0 bridgehead atoms. The van der Waals surface area contributed by atoms with Crippen molar-refractivity contribution in [2.45, 2.75) is 19.0 Å². The molecule has 1 aliphatic rings. The largest absolute Gasteiger partial charge is 0.309 e. The van der Waals surface area contributed by atoms with Crippen molar-refractivity contribution in [1.82, 2.24) is 14.7 Å². The first-order chi connectivity index (χ1) is 14.0. The van der Waals surface area contributed by atoms with Crippen LogP contribution < -0.4 is 5.32 Å². The lowest BCUT2D eigenvalue weighted by atomic mass is 9.99. The molecule has 2 heterocycles. The smallest absolute Gasteiger partial charge is 0.230 e. The fourth-order valence-corrected chi connectivity index (χ4v) is 4.05. The van der Waals surface area contributed by atoms with Crippen LogP contribution in [0.25, 0.3) is 0 Å². The van der Waals surface area contributed by atoms with Crippen molar-refractivity contribution in [3.8, 4) is 0 Å². The summed E-state index contributed by atoms with van der Waals surface area (Å²) in [6, 6.07) is 16.0. The van der Waals surface area contributed by atoms with E-state index >= 15 is 0 Å². The van der Waals surface area contributed by atoms with Gasteiger partial charge >= 0.3 is 0 Å². The van der Waals surface area contributed by atoms with Gasteiger partial charge in [-0.3, -0.25) is 14.4 Å². The van der Waals surface area contributed by atoms with Crippen LogP contribution in [0.3, 0.4) is 0 Å². The van der Waals surface area contributed by atoms with Crippen LogP contribution in [0.15, 0.2) is 60.8 Å². The fourth-order valence-electron chi connectivity index (χ4n) is 3.86. The van der Waals surface area contributed by atoms with E-state index in [1.54, 1.807) is 36.1 Å². The van der Waals surface area contributed by atoms with Crippen LogP contribution in [0, 0.1) is 11.7 Å². The molecular formula is C22H22ClFN4O. The van der Waals surface area contributed by atoms with Crippen LogP contribution in [-0.2, 0) is 18.4 Å². The molecule has 0 aliphatic carbocycles. The maximum atomic E-state index is 13.4. The van der Waals surface area contributed by atoms with Crippen LogP contribution in [0.1, 0.15) is 23.6 Å². The molecule has 4 rings (SSSR count). The summed E-state index contributed by atoms with van der Waals surface area (Å²) in [5.74, 6) is 0.0150. The van der Waals surface area contributed by atoms with E-state index in [0.717, 1.165) is 11.1 Å². The molecule has 0 saturated carbocycles. The molecule has 150 valence electrons. The molecule has 1 fully saturated rings. The first-order valence-electron chi connectivity index (χ1n) is 9.53. The lowest BCUT2D eigenvalue weighted by Gasteiger charge is -2.25. The van der Waals surface area contributed by atoms with E-state index in [1.807, 2.05) is 24.3 Å². The number of halogens is 2. The Morgan fingerprint density at radius 2 is 1.97 bits per heavy atom. The molecule has 29 heavy (non-hydrogen) atoms. The highest BCUT2D eigenvalue weighted by atomic mass is 35.5. The summed E-state index contributed by atoms with van der Waals surface area (Å²) in [7, 11) is 1.81. The second kappa shape index (κ2) is 8.35. The highest BCUT2D eigenvalue weighted by molar-refractivity contribution is 6.31. The molecule has 1 amide bonds. The number of hydrogen-bond donors (Lipinski definition) is 1. The summed E-state index contributed by atoms with van der Waals surface area (Å²) in [5.41, 5.74) is 2.00. The number of carbonyl (C=O) groups excluding carboxylic acids is 1. The van der Waals surface area contributed by atoms with Crippen LogP contribution in [0.5, 0.6) is 0 Å². The van der Waals surface area contributed by atoms with Crippen LogP contribution in [-0.4, -0.2) is 27.1 Å². The SMILES string of the molecule is Cn1ccc(NC(=O)[C@@H]2C[C@H](c3ccc(F)cc3)N(Cc3ccccc3Cl)C2)n1. The van der Waals surface area contributed by atoms with Crippen molar-refractivity contribution in [3.63, 3.8) is 0 Å². The minimum Gasteiger partial charge on any atom is -0.309 e. The fraction of sp³-hybridized carbons (Fsp3) is 0.273. The minimum absolute atomic E-state index is 0.00588. The van der Waals surface area contributed by atoms with Crippen molar-refractivity contribution in [3.05, 3.63) is 82.8 Å². The van der Waals surface area contributed by atoms with Crippen molar-refractivity contribution in [1.29, 1.82) is 0 Å². The van der Waals surface area contributed by atoms with E-state index in [0.29, 0.717) is 30.4 Å². The zero-order chi connectivity index (χ0) is 20.4. The molecule has 1 aliphatic heterocycles. The van der Waals surface area contributed by atoms with E-state index in [2.05, 4.69) is 15.3 Å². The molecule has 2 atom stereocenters. The van der Waals surface area contributed by atoms with Crippen LogP contribution in [0.2, 0.25) is 5.02 Å². The quantitative estimate of drug-likeness (QED) is 0.675. The number of aromatic nitrogens is 2. The van der Waals surface area contributed by atoms with E-state index in [4.69, 9.17) is 11.6 Å². The normalized spacial score (nSPS) is 19.4. The summed E-state index contributed by atoms with van der Waals surface area (Å²) in [4.78, 5) is 15.1. The van der Waals surface area contributed by atoms with Gasteiger partial charge in [-0.1, -0.05) is 41.9 Å². The zero-order valence-electron chi connectivity index (χ0n) is 16.1. The Bertz CT molecular complexity index is 1000. The number of nitrogens with one attached hydrogen (secondary N) is 1. The number of likely N-dealkylation sites (tertiary alicyclic amines) is 1. The highest BCUT2D eigenvalue weighted by Gasteiger charge is 2.37. The molecule has 1 N–H and O–H groups in total. The Morgan fingerprint density at radius 3 is 2.66 bits per heavy atom. The van der Waals surface area contributed by atoms with E-state index in [-0.39, 0.29) is 23.7 Å². The third kappa shape index (κ3) is 4.49. The number of benzene rings is 2. The standard InChI is InChI=1S/C22H22ClFN4O/c1-27-11-10-21(26-27)25-22(29)17-12-20(15-6-8-18(24)9-7-15)28(14-17)13-16-4-2-3-5-19(16)23/h2-11,17,20H,12-14H2,1H3,(H,25,26,29)/t17-,20-/m1/s1. The van der Waals surface area contributed by atoms with Gasteiger partial charge in [0.1, 0.15) is 5.82 Å². The van der Waals surface area contributed by atoms with Crippen molar-refractivity contribution < 1.29 is 9.18 Å². The summed E-state index contributed by atoms with van der Waals surface area (Å²) in [6.07, 6.45) is 2.43. The Labute approximate surface area is 174 Å². The summed E-state index contributed by atoms with van der Waals surface area (Å²) >= 11 is 6.36. The Hall–Kier alpha value is -2.70. The van der Waals surface area contributed by atoms with E-state index in [1.165, 1.54) is 12.1 Å². The number of anilines is 1. The molecule has 0 radical (unpaired) electrons. The number of amides is 1. The van der Waals surface area contributed by atoms with Gasteiger partial charge in [0.2, 0.25) is 5.91 Å². The number of hydrogen-bond acceptors (Lipinski definition) is 3. The van der Waals surface area contributed by atoms with Gasteiger partial charge in [-0.2, -0.15) is 5.10 Å². The second-order valence-corrected chi connectivity index (χ2v) is 7.79. The molecule has 5 nitrogen and oxygen atoms in total. The number of aryl methyl sites for hydroxylation is 1. The second-order valence-electron chi connectivity index (χ2n) is 7.38. The molecule has 2 aromatic carbocycles. The summed E-state index contributed by atoms with van der Waals surface area (Å²) in [5, 5.41) is 7.82. The van der Waals surface area contributed by atoms with Crippen LogP contribution in [0.4, 0.5) is 10.2 Å². The third-order valence-electron chi connectivity index (χ3n) is 5.33. The molecule has 0 unspecified atom stereocenters. The van der Waals surface area contributed by atoms with Crippen molar-refractivity contribution in [2.24, 2.45) is 13.0 Å². The van der Waals surface area contributed by atoms with Gasteiger partial charge in [-0.15, -0.1) is 0 Å². The van der Waals surface area contributed by atoms with Gasteiger partial charge in [0.15, 0.2) is 5.82 Å². The Morgan fingerprint density at radius 1 is 1.21 bits per heavy atom. The highest BCUT2D eigenvalue weighted by Crippen LogP contribution is 2.37. The molecule has 1 saturated heterocycles. The predicted octanol–water partition coefficient (Wildman–Crippen LogP) is 4.41. The number of rotatable bonds is 5. The third-order valence-corrected chi connectivity index (χ3v) is 5.69. The lowest BCUT2D eigenvalue weighted by Crippen LogP contribution is -2.27. The molecule has 7 heteroatoms. The topological polar surface area (TPSA) is 50.2 Å². The van der Waals surface area contributed by atoms with E-state index < -0.39 is 0 Å². The first-order valence-corrected chi connectivity index (χ1v) is 9.91. The van der Waals surface area contributed by atoms with Crippen LogP contribution >= 0.6 is 11.6 Å². The van der Waals surface area contributed by atoms with Gasteiger partial charge < -0.3 is 5.32 Å². The zero-order valence-corrected chi connectivity index (χ0v) is 16.8. The summed E-state index contributed by atoms with van der Waals surface area (Å²) < 4.78 is 15.1. The monoisotopic (exact) mass is 412 g/mol. The first kappa shape index (κ1) is 19.6. The Balaban J connectivity index is 1.55. The maximum Gasteiger partial charge on any atom is 0.230 e. The maximum absolute atomic E-state index is 13.4. The van der Waals surface area contributed by atoms with Gasteiger partial charge in [0.25, 0.3) is 0 Å². The summed E-state index contributed by atoms with van der Waals surface area (Å²) in [6.45, 7) is 1.21. The number of nitrogens with zero attached hydrogens (tertiary/aromatic N) is 3. The predicted molar refractivity (Wildman–Crippen MR) is 111 cm³/mol. The van der Waals surface area contributed by atoms with Gasteiger partial charge in [-0.25, -0.2) is 4.39 Å². The molecule has 1 aromatic heterocycles.